The minimum atomic E-state index is -0.657. The molecule has 0 fully saturated rings. The number of hydrogen-bond donors (Lipinski definition) is 3. The van der Waals surface area contributed by atoms with E-state index in [0.717, 1.165) is 28.0 Å². The molecule has 0 atom stereocenters. The van der Waals surface area contributed by atoms with Crippen LogP contribution in [0.3, 0.4) is 0 Å². The van der Waals surface area contributed by atoms with Gasteiger partial charge in [0, 0.05) is 5.69 Å². The number of aromatic nitrogens is 3. The smallest absolute Gasteiger partial charge is 0.254 e. The van der Waals surface area contributed by atoms with Gasteiger partial charge in [0.2, 0.25) is 0 Å². The maximum Gasteiger partial charge on any atom is 0.254 e. The van der Waals surface area contributed by atoms with E-state index in [1.165, 1.54) is 0 Å². The lowest BCUT2D eigenvalue weighted by Gasteiger charge is -2.15. The Hall–Kier alpha value is -3.87. The van der Waals surface area contributed by atoms with Crippen LogP contribution in [0.1, 0.15) is 34.0 Å². The van der Waals surface area contributed by atoms with Gasteiger partial charge in [-0.1, -0.05) is 24.3 Å². The molecule has 0 saturated carbocycles. The van der Waals surface area contributed by atoms with E-state index < -0.39 is 5.91 Å². The molecule has 0 unspecified atom stereocenters. The molecule has 7 heteroatoms. The highest BCUT2D eigenvalue weighted by atomic mass is 16.1. The van der Waals surface area contributed by atoms with Crippen molar-refractivity contribution in [3.8, 4) is 5.69 Å². The number of aryl methyl sites for hydroxylation is 1. The fraction of sp³-hybridized carbons (Fsp3) is 0.136. The molecule has 0 aliphatic carbocycles. The number of benzene rings is 2. The van der Waals surface area contributed by atoms with Crippen molar-refractivity contribution in [1.82, 2.24) is 14.5 Å². The molecule has 6 N–H and O–H groups in total. The van der Waals surface area contributed by atoms with Crippen molar-refractivity contribution in [2.24, 2.45) is 5.73 Å². The molecule has 0 radical (unpaired) electrons. The van der Waals surface area contributed by atoms with Gasteiger partial charge in [0.15, 0.2) is 5.65 Å². The molecule has 146 valence electrons. The third-order valence-corrected chi connectivity index (χ3v) is 5.23. The first-order chi connectivity index (χ1) is 13.7. The second-order valence-corrected chi connectivity index (χ2v) is 7.28. The van der Waals surface area contributed by atoms with Gasteiger partial charge in [-0.25, -0.2) is 9.97 Å². The predicted molar refractivity (Wildman–Crippen MR) is 118 cm³/mol. The minimum absolute atomic E-state index is 0.149. The van der Waals surface area contributed by atoms with Crippen molar-refractivity contribution >= 4 is 45.2 Å². The lowest BCUT2D eigenvalue weighted by molar-refractivity contribution is 0.100. The number of carbonyl (C=O) groups is 1. The Morgan fingerprint density at radius 1 is 1.07 bits per heavy atom. The summed E-state index contributed by atoms with van der Waals surface area (Å²) >= 11 is 0. The van der Waals surface area contributed by atoms with E-state index in [0.29, 0.717) is 27.9 Å². The summed E-state index contributed by atoms with van der Waals surface area (Å²) in [6, 6.07) is 9.45. The third-order valence-electron chi connectivity index (χ3n) is 5.23. The van der Waals surface area contributed by atoms with E-state index in [1.54, 1.807) is 4.57 Å². The number of nitrogen functional groups attached to an aromatic ring is 2. The van der Waals surface area contributed by atoms with E-state index >= 15 is 0 Å². The summed E-state index contributed by atoms with van der Waals surface area (Å²) in [5.41, 5.74) is 25.5. The lowest BCUT2D eigenvalue weighted by atomic mass is 10.1. The van der Waals surface area contributed by atoms with Crippen molar-refractivity contribution in [3.05, 3.63) is 59.2 Å². The van der Waals surface area contributed by atoms with E-state index in [-0.39, 0.29) is 11.4 Å². The zero-order chi connectivity index (χ0) is 21.0. The summed E-state index contributed by atoms with van der Waals surface area (Å²) in [4.78, 5) is 21.7. The van der Waals surface area contributed by atoms with E-state index in [1.807, 2.05) is 51.1 Å². The number of nitrogens with zero attached hydrogens (tertiary/aromatic N) is 3. The van der Waals surface area contributed by atoms with Crippen molar-refractivity contribution in [2.75, 3.05) is 11.5 Å². The molecule has 4 aromatic rings. The normalized spacial score (nSPS) is 11.3. The zero-order valence-corrected chi connectivity index (χ0v) is 16.6. The van der Waals surface area contributed by atoms with Crippen molar-refractivity contribution < 1.29 is 4.79 Å². The number of allylic oxidation sites excluding steroid dienone is 1. The number of hydrogen-bond acceptors (Lipinski definition) is 5. The summed E-state index contributed by atoms with van der Waals surface area (Å²) < 4.78 is 1.72. The van der Waals surface area contributed by atoms with Crippen LogP contribution < -0.4 is 17.2 Å². The summed E-state index contributed by atoms with van der Waals surface area (Å²) in [7, 11) is 0. The Morgan fingerprint density at radius 2 is 1.79 bits per heavy atom. The topological polar surface area (TPSA) is 126 Å². The highest BCUT2D eigenvalue weighted by Gasteiger charge is 2.25. The minimum Gasteiger partial charge on any atom is -0.398 e. The first kappa shape index (κ1) is 18.5. The molecule has 0 bridgehead atoms. The summed E-state index contributed by atoms with van der Waals surface area (Å²) in [5.74, 6) is -0.463. The van der Waals surface area contributed by atoms with Gasteiger partial charge in [-0.3, -0.25) is 9.36 Å². The zero-order valence-electron chi connectivity index (χ0n) is 16.6. The average molecular weight is 386 g/mol. The molecule has 1 amide bonds. The summed E-state index contributed by atoms with van der Waals surface area (Å²) in [6.45, 7) is 9.74. The Morgan fingerprint density at radius 3 is 2.45 bits per heavy atom. The van der Waals surface area contributed by atoms with Crippen LogP contribution in [0, 0.1) is 13.8 Å². The van der Waals surface area contributed by atoms with Crippen LogP contribution in [0.15, 0.2) is 36.9 Å². The molecule has 2 aromatic heterocycles. The Labute approximate surface area is 167 Å². The van der Waals surface area contributed by atoms with Gasteiger partial charge in [0.25, 0.3) is 5.91 Å². The van der Waals surface area contributed by atoms with Crippen LogP contribution in [0.5, 0.6) is 0 Å². The fourth-order valence-corrected chi connectivity index (χ4v) is 3.65. The Balaban J connectivity index is 2.18. The number of fused-ring (bicyclic) bond motifs is 2. The van der Waals surface area contributed by atoms with Crippen molar-refractivity contribution in [2.45, 2.75) is 20.8 Å². The third kappa shape index (κ3) is 2.70. The van der Waals surface area contributed by atoms with Gasteiger partial charge in [-0.2, -0.15) is 0 Å². The molecule has 0 aliphatic rings. The predicted octanol–water partition coefficient (Wildman–Crippen LogP) is 3.49. The number of anilines is 2. The molecular weight excluding hydrogens is 364 g/mol. The number of carbonyl (C=O) groups excluding carboxylic acids is 1. The molecule has 2 heterocycles. The fourth-order valence-electron chi connectivity index (χ4n) is 3.65. The van der Waals surface area contributed by atoms with E-state index in [9.17, 15) is 4.79 Å². The van der Waals surface area contributed by atoms with Gasteiger partial charge in [0.05, 0.1) is 16.7 Å². The standard InChI is InChI=1S/C22H22N6O/c1-10(2)13-6-8-15-16(9-13)26-18-17(21(25)29)20(24)28(22(18)27-15)19-11(3)5-7-14(23)12(19)4/h5-9H,1,23-24H2,2-4H3,(H2,25,29). The van der Waals surface area contributed by atoms with Crippen LogP contribution in [-0.2, 0) is 0 Å². The second kappa shape index (κ2) is 6.34. The largest absolute Gasteiger partial charge is 0.398 e. The Kier molecular flexibility index (Phi) is 4.04. The number of rotatable bonds is 3. The van der Waals surface area contributed by atoms with Crippen molar-refractivity contribution in [1.29, 1.82) is 0 Å². The summed E-state index contributed by atoms with van der Waals surface area (Å²) in [5, 5.41) is 0. The van der Waals surface area contributed by atoms with Crippen molar-refractivity contribution in [3.63, 3.8) is 0 Å². The van der Waals surface area contributed by atoms with Gasteiger partial charge >= 0.3 is 0 Å². The second-order valence-electron chi connectivity index (χ2n) is 7.28. The van der Waals surface area contributed by atoms with Crippen LogP contribution >= 0.6 is 0 Å². The molecular formula is C22H22N6O. The van der Waals surface area contributed by atoms with Gasteiger partial charge in [-0.05, 0) is 55.7 Å². The van der Waals surface area contributed by atoms with Gasteiger partial charge in [-0.15, -0.1) is 0 Å². The van der Waals surface area contributed by atoms with Crippen LogP contribution in [0.4, 0.5) is 11.5 Å². The number of amides is 1. The Bertz CT molecular complexity index is 1350. The molecule has 7 nitrogen and oxygen atoms in total. The molecule has 2 aromatic carbocycles. The van der Waals surface area contributed by atoms with Gasteiger partial charge < -0.3 is 17.2 Å². The SMILES string of the molecule is C=C(C)c1ccc2nc3c(nc2c1)c(C(N)=O)c(N)n3-c1c(C)ccc(N)c1C. The molecule has 0 spiro atoms. The molecule has 29 heavy (non-hydrogen) atoms. The molecule has 0 aliphatic heterocycles. The molecule has 4 rings (SSSR count). The maximum atomic E-state index is 12.3. The van der Waals surface area contributed by atoms with Crippen LogP contribution in [0.25, 0.3) is 33.5 Å². The number of primary amides is 1. The lowest BCUT2D eigenvalue weighted by Crippen LogP contribution is -2.14. The maximum absolute atomic E-state index is 12.3. The highest BCUT2D eigenvalue weighted by molar-refractivity contribution is 6.10. The van der Waals surface area contributed by atoms with E-state index in [4.69, 9.17) is 27.2 Å². The van der Waals surface area contributed by atoms with Gasteiger partial charge in [0.1, 0.15) is 16.9 Å². The first-order valence-corrected chi connectivity index (χ1v) is 9.14. The number of nitrogens with two attached hydrogens (primary N) is 3. The first-order valence-electron chi connectivity index (χ1n) is 9.14. The highest BCUT2D eigenvalue weighted by Crippen LogP contribution is 2.35. The van der Waals surface area contributed by atoms with E-state index in [2.05, 4.69) is 6.58 Å². The van der Waals surface area contributed by atoms with Crippen LogP contribution in [0.2, 0.25) is 0 Å². The monoisotopic (exact) mass is 386 g/mol. The quantitative estimate of drug-likeness (QED) is 0.465. The van der Waals surface area contributed by atoms with Crippen LogP contribution in [-0.4, -0.2) is 20.4 Å². The summed E-state index contributed by atoms with van der Waals surface area (Å²) in [6.07, 6.45) is 0. The molecule has 0 saturated heterocycles. The average Bonchev–Trinajstić information content (AvgIpc) is 2.94.